The quantitative estimate of drug-likeness (QED) is 0.358. The van der Waals surface area contributed by atoms with Crippen LogP contribution in [0.25, 0.3) is 20.9 Å². The van der Waals surface area contributed by atoms with Crippen LogP contribution in [0.1, 0.15) is 9.67 Å². The van der Waals surface area contributed by atoms with Crippen molar-refractivity contribution in [3.63, 3.8) is 0 Å². The van der Waals surface area contributed by atoms with Gasteiger partial charge in [-0.15, -0.1) is 11.3 Å². The van der Waals surface area contributed by atoms with Crippen LogP contribution in [0, 0.1) is 0 Å². The van der Waals surface area contributed by atoms with Gasteiger partial charge in [0.2, 0.25) is 0 Å². The molecule has 4 rings (SSSR count). The number of carbonyl (C=O) groups is 1. The highest BCUT2D eigenvalue weighted by molar-refractivity contribution is 7.93. The molecule has 1 aromatic heterocycles. The van der Waals surface area contributed by atoms with Gasteiger partial charge in [-0.3, -0.25) is 14.7 Å². The van der Waals surface area contributed by atoms with E-state index in [-0.39, 0.29) is 4.90 Å². The Morgan fingerprint density at radius 2 is 1.70 bits per heavy atom. The zero-order valence-electron chi connectivity index (χ0n) is 13.8. The minimum Gasteiger partial charge on any atom is -0.288 e. The molecule has 0 saturated carbocycles. The number of hydroxylamine groups is 1. The molecule has 0 saturated heterocycles. The molecule has 0 atom stereocenters. The smallest absolute Gasteiger partial charge is 0.284 e. The number of nitrogens with one attached hydrogen (secondary N) is 2. The molecule has 0 aliphatic carbocycles. The highest BCUT2D eigenvalue weighted by Gasteiger charge is 2.18. The van der Waals surface area contributed by atoms with Crippen molar-refractivity contribution in [3.8, 4) is 0 Å². The molecule has 3 aromatic carbocycles. The van der Waals surface area contributed by atoms with Crippen molar-refractivity contribution >= 4 is 53.8 Å². The molecule has 0 fully saturated rings. The lowest BCUT2D eigenvalue weighted by atomic mass is 10.1. The van der Waals surface area contributed by atoms with E-state index in [1.54, 1.807) is 54.0 Å². The van der Waals surface area contributed by atoms with Crippen molar-refractivity contribution in [2.45, 2.75) is 4.90 Å². The molecule has 0 aliphatic rings. The van der Waals surface area contributed by atoms with Crippen molar-refractivity contribution < 1.29 is 18.4 Å². The maximum Gasteiger partial charge on any atom is 0.284 e. The van der Waals surface area contributed by atoms with Gasteiger partial charge in [0.15, 0.2) is 0 Å². The maximum absolute atomic E-state index is 12.9. The second-order valence-corrected chi connectivity index (χ2v) is 8.62. The first-order valence-corrected chi connectivity index (χ1v) is 10.3. The molecule has 8 heteroatoms. The van der Waals surface area contributed by atoms with Crippen LogP contribution in [-0.4, -0.2) is 19.5 Å². The Morgan fingerprint density at radius 3 is 2.52 bits per heavy atom. The van der Waals surface area contributed by atoms with E-state index >= 15 is 0 Å². The van der Waals surface area contributed by atoms with Crippen LogP contribution in [0.5, 0.6) is 0 Å². The molecule has 0 radical (unpaired) electrons. The summed E-state index contributed by atoms with van der Waals surface area (Å²) in [6, 6.07) is 19.0. The Balaban J connectivity index is 1.73. The number of carbonyl (C=O) groups excluding carboxylic acids is 1. The molecule has 0 unspecified atom stereocenters. The van der Waals surface area contributed by atoms with Gasteiger partial charge in [-0.05, 0) is 41.1 Å². The van der Waals surface area contributed by atoms with E-state index in [2.05, 4.69) is 4.72 Å². The van der Waals surface area contributed by atoms with Crippen molar-refractivity contribution in [2.75, 3.05) is 4.72 Å². The summed E-state index contributed by atoms with van der Waals surface area (Å²) in [5, 5.41) is 10.9. The second-order valence-electron chi connectivity index (χ2n) is 5.89. The Morgan fingerprint density at radius 1 is 0.926 bits per heavy atom. The van der Waals surface area contributed by atoms with Crippen LogP contribution < -0.4 is 10.2 Å². The number of fused-ring (bicyclic) bond motifs is 2. The van der Waals surface area contributed by atoms with E-state index in [1.807, 2.05) is 18.2 Å². The summed E-state index contributed by atoms with van der Waals surface area (Å²) >= 11 is 1.21. The van der Waals surface area contributed by atoms with E-state index in [0.717, 1.165) is 10.1 Å². The summed E-state index contributed by atoms with van der Waals surface area (Å²) in [5.74, 6) is -0.603. The van der Waals surface area contributed by atoms with Gasteiger partial charge in [-0.25, -0.2) is 13.9 Å². The van der Waals surface area contributed by atoms with Gasteiger partial charge in [0.1, 0.15) is 0 Å². The van der Waals surface area contributed by atoms with Gasteiger partial charge in [0.25, 0.3) is 15.9 Å². The highest BCUT2D eigenvalue weighted by Crippen LogP contribution is 2.30. The van der Waals surface area contributed by atoms with Gasteiger partial charge >= 0.3 is 0 Å². The Hall–Kier alpha value is -2.94. The molecule has 3 N–H and O–H groups in total. The topological polar surface area (TPSA) is 95.5 Å². The van der Waals surface area contributed by atoms with Crippen LogP contribution in [0.3, 0.4) is 0 Å². The lowest BCUT2D eigenvalue weighted by Crippen LogP contribution is -2.16. The van der Waals surface area contributed by atoms with Crippen LogP contribution in [0.15, 0.2) is 71.6 Å². The van der Waals surface area contributed by atoms with Crippen molar-refractivity contribution in [1.82, 2.24) is 5.48 Å². The third-order valence-electron chi connectivity index (χ3n) is 4.13. The van der Waals surface area contributed by atoms with Crippen molar-refractivity contribution in [1.29, 1.82) is 0 Å². The molecule has 0 aliphatic heterocycles. The van der Waals surface area contributed by atoms with Gasteiger partial charge in [0, 0.05) is 15.8 Å². The molecular weight excluding hydrogens is 384 g/mol. The number of rotatable bonds is 4. The molecule has 0 spiro atoms. The Kier molecular flexibility index (Phi) is 4.31. The summed E-state index contributed by atoms with van der Waals surface area (Å²) in [6.07, 6.45) is 0. The van der Waals surface area contributed by atoms with Crippen LogP contribution in [-0.2, 0) is 10.0 Å². The zero-order chi connectivity index (χ0) is 19.0. The SMILES string of the molecule is O=C(NO)c1cc2cc(NS(=O)(=O)c3cccc4ccccc34)ccc2s1. The number of benzene rings is 3. The number of hydrogen-bond donors (Lipinski definition) is 3. The van der Waals surface area contributed by atoms with E-state index in [0.29, 0.717) is 21.3 Å². The fourth-order valence-electron chi connectivity index (χ4n) is 2.91. The van der Waals surface area contributed by atoms with E-state index in [9.17, 15) is 13.2 Å². The molecule has 0 bridgehead atoms. The summed E-state index contributed by atoms with van der Waals surface area (Å²) in [7, 11) is -3.79. The summed E-state index contributed by atoms with van der Waals surface area (Å²) in [4.78, 5) is 12.1. The number of hydrogen-bond acceptors (Lipinski definition) is 5. The largest absolute Gasteiger partial charge is 0.288 e. The number of amides is 1. The number of thiophene rings is 1. The average Bonchev–Trinajstić information content (AvgIpc) is 3.10. The van der Waals surface area contributed by atoms with Crippen LogP contribution in [0.2, 0.25) is 0 Å². The van der Waals surface area contributed by atoms with E-state index in [1.165, 1.54) is 11.3 Å². The Labute approximate surface area is 159 Å². The summed E-state index contributed by atoms with van der Waals surface area (Å²) < 4.78 is 29.2. The first-order chi connectivity index (χ1) is 13.0. The molecular formula is C19H14N2O4S2. The fourth-order valence-corrected chi connectivity index (χ4v) is 5.13. The first-order valence-electron chi connectivity index (χ1n) is 7.96. The third kappa shape index (κ3) is 3.25. The molecule has 1 amide bonds. The Bertz CT molecular complexity index is 1270. The van der Waals surface area contributed by atoms with E-state index < -0.39 is 15.9 Å². The molecule has 6 nitrogen and oxygen atoms in total. The van der Waals surface area contributed by atoms with Gasteiger partial charge in [-0.1, -0.05) is 36.4 Å². The fraction of sp³-hybridized carbons (Fsp3) is 0. The third-order valence-corrected chi connectivity index (χ3v) is 6.69. The van der Waals surface area contributed by atoms with Crippen LogP contribution >= 0.6 is 11.3 Å². The maximum atomic E-state index is 12.9. The zero-order valence-corrected chi connectivity index (χ0v) is 15.5. The first kappa shape index (κ1) is 17.5. The number of sulfonamides is 1. The van der Waals surface area contributed by atoms with Gasteiger partial charge in [0.05, 0.1) is 9.77 Å². The molecule has 136 valence electrons. The standard InChI is InChI=1S/C19H14N2O4S2/c22-19(20-23)17-11-13-10-14(8-9-16(13)26-17)21-27(24,25)18-7-3-5-12-4-1-2-6-15(12)18/h1-11,21,23H,(H,20,22). The number of anilines is 1. The lowest BCUT2D eigenvalue weighted by molar-refractivity contribution is 0.0711. The highest BCUT2D eigenvalue weighted by atomic mass is 32.2. The predicted octanol–water partition coefficient (Wildman–Crippen LogP) is 3.97. The van der Waals surface area contributed by atoms with Crippen molar-refractivity contribution in [2.24, 2.45) is 0 Å². The van der Waals surface area contributed by atoms with Crippen molar-refractivity contribution in [3.05, 3.63) is 71.6 Å². The van der Waals surface area contributed by atoms with Crippen LogP contribution in [0.4, 0.5) is 5.69 Å². The molecule has 27 heavy (non-hydrogen) atoms. The summed E-state index contributed by atoms with van der Waals surface area (Å²) in [5.41, 5.74) is 1.99. The van der Waals surface area contributed by atoms with E-state index in [4.69, 9.17) is 5.21 Å². The monoisotopic (exact) mass is 398 g/mol. The minimum atomic E-state index is -3.79. The second kappa shape index (κ2) is 6.66. The molecule has 1 heterocycles. The van der Waals surface area contributed by atoms with Gasteiger partial charge in [-0.2, -0.15) is 0 Å². The lowest BCUT2D eigenvalue weighted by Gasteiger charge is -2.10. The summed E-state index contributed by atoms with van der Waals surface area (Å²) in [6.45, 7) is 0. The normalized spacial score (nSPS) is 11.6. The molecule has 4 aromatic rings. The average molecular weight is 398 g/mol. The van der Waals surface area contributed by atoms with Gasteiger partial charge < -0.3 is 0 Å². The minimum absolute atomic E-state index is 0.200. The predicted molar refractivity (Wildman–Crippen MR) is 106 cm³/mol.